The van der Waals surface area contributed by atoms with Gasteiger partial charge in [0.25, 0.3) is 11.9 Å². The number of amides is 1. The van der Waals surface area contributed by atoms with E-state index in [0.717, 1.165) is 25.1 Å². The molecule has 25 heavy (non-hydrogen) atoms. The molecule has 0 N–H and O–H groups in total. The van der Waals surface area contributed by atoms with E-state index < -0.39 is 0 Å². The summed E-state index contributed by atoms with van der Waals surface area (Å²) in [5.41, 5.74) is 1.50. The van der Waals surface area contributed by atoms with Gasteiger partial charge in [-0.2, -0.15) is 4.98 Å². The number of morpholine rings is 1. The summed E-state index contributed by atoms with van der Waals surface area (Å²) in [5, 5.41) is 0.692. The second-order valence-corrected chi connectivity index (χ2v) is 6.86. The van der Waals surface area contributed by atoms with Gasteiger partial charge in [-0.15, -0.1) is 0 Å². The fraction of sp³-hybridized carbons (Fsp3) is 0.444. The molecule has 132 valence electrons. The Morgan fingerprint density at radius 1 is 1.16 bits per heavy atom. The van der Waals surface area contributed by atoms with Crippen molar-refractivity contribution in [3.05, 3.63) is 46.3 Å². The fourth-order valence-electron chi connectivity index (χ4n) is 3.35. The van der Waals surface area contributed by atoms with Gasteiger partial charge in [-0.1, -0.05) is 23.7 Å². The van der Waals surface area contributed by atoms with Gasteiger partial charge in [0.05, 0.1) is 13.2 Å². The van der Waals surface area contributed by atoms with Gasteiger partial charge >= 0.3 is 0 Å². The largest absolute Gasteiger partial charge is 0.427 e. The molecule has 4 rings (SSSR count). The minimum absolute atomic E-state index is 0.0107. The zero-order valence-corrected chi connectivity index (χ0v) is 14.8. The van der Waals surface area contributed by atoms with Crippen LogP contribution in [0.4, 0.5) is 6.01 Å². The number of benzene rings is 1. The summed E-state index contributed by atoms with van der Waals surface area (Å²) in [5.74, 6) is 0.552. The number of ether oxygens (including phenoxy) is 1. The van der Waals surface area contributed by atoms with Crippen LogP contribution in [0, 0.1) is 0 Å². The highest BCUT2D eigenvalue weighted by atomic mass is 35.5. The molecule has 6 nitrogen and oxygen atoms in total. The summed E-state index contributed by atoms with van der Waals surface area (Å²) < 4.78 is 11.5. The Kier molecular flexibility index (Phi) is 4.39. The first kappa shape index (κ1) is 16.4. The molecule has 2 aromatic rings. The van der Waals surface area contributed by atoms with E-state index in [2.05, 4.69) is 4.98 Å². The van der Waals surface area contributed by atoms with E-state index >= 15 is 0 Å². The van der Waals surface area contributed by atoms with Crippen LogP contribution in [-0.4, -0.2) is 55.7 Å². The van der Waals surface area contributed by atoms with Crippen LogP contribution in [0.15, 0.2) is 28.7 Å². The maximum Gasteiger partial charge on any atom is 0.298 e. The average Bonchev–Trinajstić information content (AvgIpc) is 3.04. The van der Waals surface area contributed by atoms with Crippen LogP contribution in [0.5, 0.6) is 0 Å². The number of hydrogen-bond acceptors (Lipinski definition) is 5. The predicted octanol–water partition coefficient (Wildman–Crippen LogP) is 2.77. The number of hydrogen-bond donors (Lipinski definition) is 0. The second kappa shape index (κ2) is 6.69. The number of carbonyl (C=O) groups is 1. The number of nitrogens with zero attached hydrogens (tertiary/aromatic N) is 3. The Morgan fingerprint density at radius 3 is 2.60 bits per heavy atom. The molecule has 1 fully saturated rings. The highest BCUT2D eigenvalue weighted by Gasteiger charge is 2.34. The normalized spacial score (nSPS) is 21.2. The Hall–Kier alpha value is -2.05. The maximum atomic E-state index is 12.7. The Balaban J connectivity index is 1.75. The fourth-order valence-corrected chi connectivity index (χ4v) is 3.47. The number of carbonyl (C=O) groups excluding carboxylic acids is 1. The standard InChI is InChI=1S/C18H20ClN3O3/c1-21-7-6-14(12-2-4-13(19)5-3-12)16-15(17(21)23)20-18(25-16)22-8-10-24-11-9-22/h2-5,14H,6-11H2,1H3. The van der Waals surface area contributed by atoms with Gasteiger partial charge in [-0.25, -0.2) is 0 Å². The summed E-state index contributed by atoms with van der Waals surface area (Å²) in [4.78, 5) is 21.0. The van der Waals surface area contributed by atoms with Gasteiger partial charge in [-0.05, 0) is 24.1 Å². The molecule has 1 saturated heterocycles. The van der Waals surface area contributed by atoms with Crippen LogP contribution in [0.2, 0.25) is 5.02 Å². The summed E-state index contributed by atoms with van der Waals surface area (Å²) in [7, 11) is 1.81. The van der Waals surface area contributed by atoms with E-state index in [1.807, 2.05) is 29.2 Å². The smallest absolute Gasteiger partial charge is 0.298 e. The molecule has 1 aromatic heterocycles. The molecule has 0 bridgehead atoms. The third-order valence-electron chi connectivity index (χ3n) is 4.82. The maximum absolute atomic E-state index is 12.7. The van der Waals surface area contributed by atoms with E-state index in [9.17, 15) is 4.79 Å². The summed E-state index contributed by atoms with van der Waals surface area (Å²) in [6.07, 6.45) is 0.786. The van der Waals surface area contributed by atoms with Crippen molar-refractivity contribution in [2.75, 3.05) is 44.8 Å². The van der Waals surface area contributed by atoms with E-state index in [1.54, 1.807) is 11.9 Å². The zero-order valence-electron chi connectivity index (χ0n) is 14.1. The van der Waals surface area contributed by atoms with Crippen LogP contribution < -0.4 is 4.90 Å². The van der Waals surface area contributed by atoms with Crippen molar-refractivity contribution >= 4 is 23.5 Å². The second-order valence-electron chi connectivity index (χ2n) is 6.43. The van der Waals surface area contributed by atoms with Crippen molar-refractivity contribution in [1.29, 1.82) is 0 Å². The van der Waals surface area contributed by atoms with E-state index in [-0.39, 0.29) is 11.8 Å². The number of anilines is 1. The topological polar surface area (TPSA) is 58.8 Å². The monoisotopic (exact) mass is 361 g/mol. The van der Waals surface area contributed by atoms with Crippen molar-refractivity contribution in [3.63, 3.8) is 0 Å². The molecule has 3 heterocycles. The average molecular weight is 362 g/mol. The molecule has 0 aliphatic carbocycles. The Morgan fingerprint density at radius 2 is 1.88 bits per heavy atom. The molecule has 1 atom stereocenters. The summed E-state index contributed by atoms with van der Waals surface area (Å²) in [6, 6.07) is 8.22. The van der Waals surface area contributed by atoms with E-state index in [0.29, 0.717) is 42.2 Å². The lowest BCUT2D eigenvalue weighted by atomic mass is 9.93. The minimum atomic E-state index is -0.0882. The van der Waals surface area contributed by atoms with Gasteiger partial charge in [0.2, 0.25) is 0 Å². The molecule has 7 heteroatoms. The number of oxazole rings is 1. The van der Waals surface area contributed by atoms with Gasteiger partial charge in [0.1, 0.15) is 5.76 Å². The van der Waals surface area contributed by atoms with Gasteiger partial charge in [0.15, 0.2) is 5.69 Å². The quantitative estimate of drug-likeness (QED) is 0.823. The van der Waals surface area contributed by atoms with Crippen molar-refractivity contribution in [2.24, 2.45) is 0 Å². The highest BCUT2D eigenvalue weighted by Crippen LogP contribution is 2.36. The van der Waals surface area contributed by atoms with Crippen LogP contribution in [0.1, 0.15) is 34.2 Å². The molecule has 1 unspecified atom stereocenters. The van der Waals surface area contributed by atoms with E-state index in [1.165, 1.54) is 0 Å². The third-order valence-corrected chi connectivity index (χ3v) is 5.07. The van der Waals surface area contributed by atoms with E-state index in [4.69, 9.17) is 20.8 Å². The van der Waals surface area contributed by atoms with Crippen LogP contribution in [-0.2, 0) is 4.74 Å². The predicted molar refractivity (Wildman–Crippen MR) is 94.4 cm³/mol. The summed E-state index contributed by atoms with van der Waals surface area (Å²) >= 11 is 6.02. The van der Waals surface area contributed by atoms with Gasteiger partial charge in [-0.3, -0.25) is 4.79 Å². The first-order valence-corrected chi connectivity index (χ1v) is 8.85. The number of aromatic nitrogens is 1. The zero-order chi connectivity index (χ0) is 17.4. The number of rotatable bonds is 2. The van der Waals surface area contributed by atoms with Gasteiger partial charge < -0.3 is 19.0 Å². The lowest BCUT2D eigenvalue weighted by molar-refractivity contribution is 0.0794. The summed E-state index contributed by atoms with van der Waals surface area (Å²) in [6.45, 7) is 3.37. The molecular formula is C18H20ClN3O3. The lowest BCUT2D eigenvalue weighted by Crippen LogP contribution is -2.36. The Bertz CT molecular complexity index is 768. The van der Waals surface area contributed by atoms with Crippen LogP contribution in [0.25, 0.3) is 0 Å². The van der Waals surface area contributed by atoms with Crippen molar-refractivity contribution in [2.45, 2.75) is 12.3 Å². The number of fused-ring (bicyclic) bond motifs is 1. The highest BCUT2D eigenvalue weighted by molar-refractivity contribution is 6.30. The van der Waals surface area contributed by atoms with Crippen molar-refractivity contribution in [1.82, 2.24) is 9.88 Å². The van der Waals surface area contributed by atoms with Gasteiger partial charge in [0, 0.05) is 37.6 Å². The van der Waals surface area contributed by atoms with Crippen LogP contribution in [0.3, 0.4) is 0 Å². The SMILES string of the molecule is CN1CCC(c2ccc(Cl)cc2)c2oc(N3CCOCC3)nc2C1=O. The lowest BCUT2D eigenvalue weighted by Gasteiger charge is -2.25. The van der Waals surface area contributed by atoms with Crippen molar-refractivity contribution < 1.29 is 13.9 Å². The molecular weight excluding hydrogens is 342 g/mol. The van der Waals surface area contributed by atoms with Crippen LogP contribution >= 0.6 is 11.6 Å². The number of halogens is 1. The molecule has 2 aliphatic heterocycles. The third kappa shape index (κ3) is 3.12. The molecule has 0 radical (unpaired) electrons. The first-order chi connectivity index (χ1) is 12.1. The molecule has 1 aromatic carbocycles. The molecule has 0 saturated carbocycles. The Labute approximate surface area is 151 Å². The first-order valence-electron chi connectivity index (χ1n) is 8.48. The van der Waals surface area contributed by atoms with Crippen molar-refractivity contribution in [3.8, 4) is 0 Å². The molecule has 2 aliphatic rings. The molecule has 0 spiro atoms. The minimum Gasteiger partial charge on any atom is -0.427 e. The molecule has 1 amide bonds.